The van der Waals surface area contributed by atoms with Crippen LogP contribution in [0.2, 0.25) is 0 Å². The predicted octanol–water partition coefficient (Wildman–Crippen LogP) is 3.19. The van der Waals surface area contributed by atoms with Crippen molar-refractivity contribution in [1.82, 2.24) is 10.2 Å². The fraction of sp³-hybridized carbons (Fsp3) is 0.250. The zero-order chi connectivity index (χ0) is 21.7. The van der Waals surface area contributed by atoms with Crippen LogP contribution in [0, 0.1) is 0 Å². The van der Waals surface area contributed by atoms with Crippen molar-refractivity contribution in [3.8, 4) is 23.0 Å². The Labute approximate surface area is 174 Å². The molecule has 0 unspecified atom stereocenters. The zero-order valence-corrected chi connectivity index (χ0v) is 17.5. The molecule has 1 aromatic heterocycles. The lowest BCUT2D eigenvalue weighted by molar-refractivity contribution is 0.102. The average molecular weight is 431 g/mol. The number of carbonyl (C=O) groups excluding carboxylic acids is 1. The minimum Gasteiger partial charge on any atom is -0.490 e. The van der Waals surface area contributed by atoms with E-state index in [1.807, 2.05) is 13.8 Å². The average Bonchev–Trinajstić information content (AvgIpc) is 3.17. The summed E-state index contributed by atoms with van der Waals surface area (Å²) in [6.45, 7) is 4.71. The number of nitrogens with one attached hydrogen (secondary N) is 1. The zero-order valence-electron chi connectivity index (χ0n) is 16.7. The first-order valence-corrected chi connectivity index (χ1v) is 11.1. The van der Waals surface area contributed by atoms with Crippen LogP contribution in [0.3, 0.4) is 0 Å². The summed E-state index contributed by atoms with van der Waals surface area (Å²) >= 11 is 0. The van der Waals surface area contributed by atoms with E-state index in [2.05, 4.69) is 15.5 Å². The Morgan fingerprint density at radius 1 is 1.00 bits per heavy atom. The molecule has 9 nitrogen and oxygen atoms in total. The number of ether oxygens (including phenoxy) is 2. The molecule has 0 radical (unpaired) electrons. The van der Waals surface area contributed by atoms with Gasteiger partial charge in [-0.25, -0.2) is 8.42 Å². The molecule has 0 aliphatic heterocycles. The molecule has 0 aliphatic rings. The van der Waals surface area contributed by atoms with Gasteiger partial charge in [0.05, 0.1) is 18.1 Å². The van der Waals surface area contributed by atoms with Crippen molar-refractivity contribution in [3.05, 3.63) is 48.0 Å². The van der Waals surface area contributed by atoms with Gasteiger partial charge >= 0.3 is 6.01 Å². The Morgan fingerprint density at radius 3 is 2.30 bits per heavy atom. The molecule has 3 rings (SSSR count). The molecular weight excluding hydrogens is 410 g/mol. The van der Waals surface area contributed by atoms with Gasteiger partial charge in [-0.05, 0) is 56.3 Å². The van der Waals surface area contributed by atoms with E-state index in [0.29, 0.717) is 30.3 Å². The number of benzene rings is 2. The summed E-state index contributed by atoms with van der Waals surface area (Å²) in [6, 6.07) is 10.7. The van der Waals surface area contributed by atoms with E-state index in [1.54, 1.807) is 18.2 Å². The highest BCUT2D eigenvalue weighted by Gasteiger charge is 2.16. The molecule has 0 saturated heterocycles. The lowest BCUT2D eigenvalue weighted by Gasteiger charge is -2.11. The number of nitrogens with zero attached hydrogens (tertiary/aromatic N) is 2. The van der Waals surface area contributed by atoms with Crippen molar-refractivity contribution in [2.45, 2.75) is 18.7 Å². The van der Waals surface area contributed by atoms with E-state index in [-0.39, 0.29) is 22.4 Å². The van der Waals surface area contributed by atoms with Crippen LogP contribution in [0.4, 0.5) is 6.01 Å². The van der Waals surface area contributed by atoms with Crippen LogP contribution in [0.5, 0.6) is 11.5 Å². The molecule has 0 bridgehead atoms. The van der Waals surface area contributed by atoms with Gasteiger partial charge in [0.1, 0.15) is 0 Å². The minimum atomic E-state index is -3.34. The maximum Gasteiger partial charge on any atom is 0.322 e. The second kappa shape index (κ2) is 8.95. The molecule has 0 spiro atoms. The Morgan fingerprint density at radius 2 is 1.67 bits per heavy atom. The standard InChI is InChI=1S/C20H21N3O6S/c1-4-27-16-11-8-14(12-17(16)28-5-2)19-22-23-20(29-19)21-18(24)13-6-9-15(10-7-13)30(3,25)26/h6-12H,4-5H2,1-3H3,(H,21,23,24). The van der Waals surface area contributed by atoms with Gasteiger partial charge in [0.2, 0.25) is 5.89 Å². The Hall–Kier alpha value is -3.40. The predicted molar refractivity (Wildman–Crippen MR) is 110 cm³/mol. The van der Waals surface area contributed by atoms with Gasteiger partial charge in [-0.15, -0.1) is 5.10 Å². The van der Waals surface area contributed by atoms with Crippen LogP contribution in [-0.4, -0.2) is 44.0 Å². The van der Waals surface area contributed by atoms with E-state index >= 15 is 0 Å². The number of aromatic nitrogens is 2. The maximum atomic E-state index is 12.4. The molecule has 158 valence electrons. The molecule has 0 atom stereocenters. The summed E-state index contributed by atoms with van der Waals surface area (Å²) in [5.74, 6) is 0.842. The Kier molecular flexibility index (Phi) is 6.36. The van der Waals surface area contributed by atoms with Crippen LogP contribution in [0.25, 0.3) is 11.5 Å². The highest BCUT2D eigenvalue weighted by molar-refractivity contribution is 7.90. The van der Waals surface area contributed by atoms with E-state index < -0.39 is 15.7 Å². The Bertz CT molecular complexity index is 1140. The largest absolute Gasteiger partial charge is 0.490 e. The van der Waals surface area contributed by atoms with Gasteiger partial charge in [0.25, 0.3) is 5.91 Å². The molecule has 0 saturated carbocycles. The first-order chi connectivity index (χ1) is 14.3. The van der Waals surface area contributed by atoms with Crippen LogP contribution in [-0.2, 0) is 9.84 Å². The van der Waals surface area contributed by atoms with Gasteiger partial charge < -0.3 is 13.9 Å². The third-order valence-electron chi connectivity index (χ3n) is 3.98. The molecule has 2 aromatic carbocycles. The SMILES string of the molecule is CCOc1ccc(-c2nnc(NC(=O)c3ccc(S(C)(=O)=O)cc3)o2)cc1OCC. The monoisotopic (exact) mass is 431 g/mol. The maximum absolute atomic E-state index is 12.4. The van der Waals surface area contributed by atoms with Crippen molar-refractivity contribution in [1.29, 1.82) is 0 Å². The lowest BCUT2D eigenvalue weighted by Crippen LogP contribution is -2.12. The molecule has 1 amide bonds. The van der Waals surface area contributed by atoms with Crippen molar-refractivity contribution >= 4 is 21.8 Å². The number of rotatable bonds is 8. The van der Waals surface area contributed by atoms with E-state index in [4.69, 9.17) is 13.9 Å². The third kappa shape index (κ3) is 4.95. The van der Waals surface area contributed by atoms with Gasteiger partial charge in [-0.3, -0.25) is 10.1 Å². The van der Waals surface area contributed by atoms with Crippen LogP contribution >= 0.6 is 0 Å². The van der Waals surface area contributed by atoms with Crippen molar-refractivity contribution in [2.24, 2.45) is 0 Å². The first-order valence-electron chi connectivity index (χ1n) is 9.16. The summed E-state index contributed by atoms with van der Waals surface area (Å²) < 4.78 is 39.7. The molecule has 1 N–H and O–H groups in total. The topological polar surface area (TPSA) is 121 Å². The van der Waals surface area contributed by atoms with Crippen molar-refractivity contribution < 1.29 is 27.1 Å². The van der Waals surface area contributed by atoms with E-state index in [9.17, 15) is 13.2 Å². The van der Waals surface area contributed by atoms with Gasteiger partial charge in [0, 0.05) is 17.4 Å². The van der Waals surface area contributed by atoms with Crippen LogP contribution < -0.4 is 14.8 Å². The summed E-state index contributed by atoms with van der Waals surface area (Å²) in [5, 5.41) is 10.3. The molecule has 3 aromatic rings. The molecule has 1 heterocycles. The van der Waals surface area contributed by atoms with Crippen molar-refractivity contribution in [2.75, 3.05) is 24.8 Å². The fourth-order valence-corrected chi connectivity index (χ4v) is 3.23. The number of sulfone groups is 1. The van der Waals surface area contributed by atoms with Crippen LogP contribution in [0.15, 0.2) is 51.8 Å². The molecule has 0 aliphatic carbocycles. The van der Waals surface area contributed by atoms with Crippen LogP contribution in [0.1, 0.15) is 24.2 Å². The first kappa shape index (κ1) is 21.3. The quantitative estimate of drug-likeness (QED) is 0.577. The Balaban J connectivity index is 1.76. The number of hydrogen-bond donors (Lipinski definition) is 1. The normalized spacial score (nSPS) is 11.2. The summed E-state index contributed by atoms with van der Waals surface area (Å²) in [6.07, 6.45) is 1.10. The molecule has 30 heavy (non-hydrogen) atoms. The van der Waals surface area contributed by atoms with Gasteiger partial charge in [-0.1, -0.05) is 5.10 Å². The van der Waals surface area contributed by atoms with E-state index in [1.165, 1.54) is 24.3 Å². The highest BCUT2D eigenvalue weighted by Crippen LogP contribution is 2.32. The summed E-state index contributed by atoms with van der Waals surface area (Å²) in [5.41, 5.74) is 0.856. The highest BCUT2D eigenvalue weighted by atomic mass is 32.2. The number of hydrogen-bond acceptors (Lipinski definition) is 8. The molecular formula is C20H21N3O6S. The summed E-state index contributed by atoms with van der Waals surface area (Å²) in [7, 11) is -3.34. The molecule has 0 fully saturated rings. The van der Waals surface area contributed by atoms with Gasteiger partial charge in [-0.2, -0.15) is 0 Å². The third-order valence-corrected chi connectivity index (χ3v) is 5.11. The second-order valence-corrected chi connectivity index (χ2v) is 8.21. The second-order valence-electron chi connectivity index (χ2n) is 6.19. The lowest BCUT2D eigenvalue weighted by atomic mass is 10.2. The number of amides is 1. The minimum absolute atomic E-state index is 0.0889. The van der Waals surface area contributed by atoms with Gasteiger partial charge in [0.15, 0.2) is 21.3 Å². The van der Waals surface area contributed by atoms with Crippen molar-refractivity contribution in [3.63, 3.8) is 0 Å². The number of anilines is 1. The smallest absolute Gasteiger partial charge is 0.322 e. The fourth-order valence-electron chi connectivity index (χ4n) is 2.60. The molecule has 10 heteroatoms. The van der Waals surface area contributed by atoms with E-state index in [0.717, 1.165) is 6.26 Å². The summed E-state index contributed by atoms with van der Waals surface area (Å²) in [4.78, 5) is 12.5. The number of carbonyl (C=O) groups is 1.